The summed E-state index contributed by atoms with van der Waals surface area (Å²) in [4.78, 5) is 9.18. The van der Waals surface area contributed by atoms with Gasteiger partial charge in [-0.15, -0.1) is 5.10 Å². The first kappa shape index (κ1) is 18.9. The van der Waals surface area contributed by atoms with E-state index in [1.54, 1.807) is 61.4 Å². The third-order valence-electron chi connectivity index (χ3n) is 4.51. The topological polar surface area (TPSA) is 90.6 Å². The summed E-state index contributed by atoms with van der Waals surface area (Å²) >= 11 is 0. The molecule has 2 aromatic carbocycles. The fourth-order valence-corrected chi connectivity index (χ4v) is 3.86. The van der Waals surface area contributed by atoms with Crippen LogP contribution in [-0.4, -0.2) is 38.6 Å². The molecule has 0 aliphatic rings. The van der Waals surface area contributed by atoms with E-state index in [0.717, 1.165) is 11.3 Å². The molecule has 0 fully saturated rings. The van der Waals surface area contributed by atoms with E-state index >= 15 is 0 Å². The van der Waals surface area contributed by atoms with Crippen LogP contribution in [0.2, 0.25) is 0 Å². The molecule has 0 radical (unpaired) electrons. The molecule has 0 N–H and O–H groups in total. The minimum Gasteiger partial charge on any atom is -0.260 e. The Bertz CT molecular complexity index is 1230. The van der Waals surface area contributed by atoms with Crippen molar-refractivity contribution in [3.63, 3.8) is 0 Å². The SMILES string of the molecule is CC(C)S(=O)(=O)c1ccc(-c2cncc(-c3cn(-c4ccccc4)nn3)n2)cc1. The lowest BCUT2D eigenvalue weighted by molar-refractivity contribution is 0.587. The van der Waals surface area contributed by atoms with Gasteiger partial charge < -0.3 is 0 Å². The molecule has 0 spiro atoms. The van der Waals surface area contributed by atoms with Crippen molar-refractivity contribution < 1.29 is 8.42 Å². The van der Waals surface area contributed by atoms with E-state index in [9.17, 15) is 8.42 Å². The van der Waals surface area contributed by atoms with E-state index in [4.69, 9.17) is 0 Å². The fraction of sp³-hybridized carbons (Fsp3) is 0.143. The predicted octanol–water partition coefficient (Wildman–Crippen LogP) is 3.57. The summed E-state index contributed by atoms with van der Waals surface area (Å²) in [5.41, 5.74) is 3.49. The van der Waals surface area contributed by atoms with Crippen molar-refractivity contribution >= 4 is 9.84 Å². The van der Waals surface area contributed by atoms with Gasteiger partial charge in [0, 0.05) is 5.56 Å². The molecule has 0 aliphatic carbocycles. The van der Waals surface area contributed by atoms with Gasteiger partial charge in [0.15, 0.2) is 9.84 Å². The second kappa shape index (κ2) is 7.56. The Morgan fingerprint density at radius 3 is 2.24 bits per heavy atom. The number of hydrogen-bond acceptors (Lipinski definition) is 6. The maximum absolute atomic E-state index is 12.3. The third-order valence-corrected chi connectivity index (χ3v) is 6.68. The quantitative estimate of drug-likeness (QED) is 0.504. The van der Waals surface area contributed by atoms with Gasteiger partial charge in [-0.05, 0) is 38.1 Å². The van der Waals surface area contributed by atoms with E-state index in [1.807, 2.05) is 30.3 Å². The summed E-state index contributed by atoms with van der Waals surface area (Å²) in [7, 11) is -3.31. The number of hydrogen-bond donors (Lipinski definition) is 0. The van der Waals surface area contributed by atoms with Gasteiger partial charge in [-0.1, -0.05) is 35.5 Å². The van der Waals surface area contributed by atoms with Crippen molar-refractivity contribution in [2.75, 3.05) is 0 Å². The minimum absolute atomic E-state index is 0.297. The van der Waals surface area contributed by atoms with Crippen molar-refractivity contribution in [2.24, 2.45) is 0 Å². The van der Waals surface area contributed by atoms with E-state index in [-0.39, 0.29) is 0 Å². The van der Waals surface area contributed by atoms with E-state index in [2.05, 4.69) is 20.3 Å². The summed E-state index contributed by atoms with van der Waals surface area (Å²) in [6.07, 6.45) is 5.05. The highest BCUT2D eigenvalue weighted by atomic mass is 32.2. The molecule has 8 heteroatoms. The molecule has 146 valence electrons. The molecule has 4 rings (SSSR count). The molecular weight excluding hydrogens is 386 g/mol. The standard InChI is InChI=1S/C21H19N5O2S/c1-15(2)29(27,28)18-10-8-16(9-11-18)19-12-22-13-20(23-19)21-14-26(25-24-21)17-6-4-3-5-7-17/h3-15H,1-2H3. The van der Waals surface area contributed by atoms with Crippen LogP contribution < -0.4 is 0 Å². The van der Waals surface area contributed by atoms with Gasteiger partial charge in [0.2, 0.25) is 0 Å². The Balaban J connectivity index is 1.64. The lowest BCUT2D eigenvalue weighted by Gasteiger charge is -2.08. The summed E-state index contributed by atoms with van der Waals surface area (Å²) < 4.78 is 26.3. The summed E-state index contributed by atoms with van der Waals surface area (Å²) in [6.45, 7) is 3.33. The number of rotatable bonds is 5. The van der Waals surface area contributed by atoms with Crippen LogP contribution in [0.15, 0.2) is 78.1 Å². The van der Waals surface area contributed by atoms with Crippen LogP contribution >= 0.6 is 0 Å². The summed E-state index contributed by atoms with van der Waals surface area (Å²) in [5, 5.41) is 7.88. The number of benzene rings is 2. The zero-order valence-electron chi connectivity index (χ0n) is 16.0. The highest BCUT2D eigenvalue weighted by Crippen LogP contribution is 2.23. The van der Waals surface area contributed by atoms with Crippen molar-refractivity contribution in [1.82, 2.24) is 25.0 Å². The molecule has 0 unspecified atom stereocenters. The van der Waals surface area contributed by atoms with E-state index < -0.39 is 15.1 Å². The molecule has 0 saturated heterocycles. The number of sulfone groups is 1. The van der Waals surface area contributed by atoms with Crippen molar-refractivity contribution in [2.45, 2.75) is 24.0 Å². The third kappa shape index (κ3) is 3.79. The summed E-state index contributed by atoms with van der Waals surface area (Å²) in [6, 6.07) is 16.4. The van der Waals surface area contributed by atoms with Crippen LogP contribution in [0.5, 0.6) is 0 Å². The summed E-state index contributed by atoms with van der Waals surface area (Å²) in [5.74, 6) is 0. The van der Waals surface area contributed by atoms with Gasteiger partial charge in [0.05, 0.1) is 40.1 Å². The Labute approximate surface area is 169 Å². The molecule has 2 heterocycles. The molecular formula is C21H19N5O2S. The van der Waals surface area contributed by atoms with Crippen LogP contribution in [0.25, 0.3) is 28.3 Å². The van der Waals surface area contributed by atoms with E-state index in [0.29, 0.717) is 22.0 Å². The first-order valence-corrected chi connectivity index (χ1v) is 10.6. The first-order valence-electron chi connectivity index (χ1n) is 9.09. The zero-order chi connectivity index (χ0) is 20.4. The average molecular weight is 405 g/mol. The fourth-order valence-electron chi connectivity index (χ4n) is 2.80. The normalized spacial score (nSPS) is 11.7. The second-order valence-corrected chi connectivity index (χ2v) is 9.30. The van der Waals surface area contributed by atoms with Gasteiger partial charge in [-0.3, -0.25) is 4.98 Å². The van der Waals surface area contributed by atoms with Gasteiger partial charge in [0.25, 0.3) is 0 Å². The van der Waals surface area contributed by atoms with Gasteiger partial charge in [0.1, 0.15) is 11.4 Å². The highest BCUT2D eigenvalue weighted by Gasteiger charge is 2.19. The van der Waals surface area contributed by atoms with Crippen molar-refractivity contribution in [1.29, 1.82) is 0 Å². The molecule has 0 atom stereocenters. The zero-order valence-corrected chi connectivity index (χ0v) is 16.8. The lowest BCUT2D eigenvalue weighted by atomic mass is 10.1. The molecule has 0 aliphatic heterocycles. The number of para-hydroxylation sites is 1. The molecule has 4 aromatic rings. The van der Waals surface area contributed by atoms with Crippen LogP contribution in [0.3, 0.4) is 0 Å². The number of aromatic nitrogens is 5. The van der Waals surface area contributed by atoms with Crippen molar-refractivity contribution in [3.05, 3.63) is 73.2 Å². The van der Waals surface area contributed by atoms with Gasteiger partial charge in [-0.2, -0.15) is 0 Å². The van der Waals surface area contributed by atoms with Crippen LogP contribution in [0, 0.1) is 0 Å². The Morgan fingerprint density at radius 1 is 0.862 bits per heavy atom. The second-order valence-electron chi connectivity index (χ2n) is 6.79. The molecule has 0 bridgehead atoms. The monoisotopic (exact) mass is 405 g/mol. The van der Waals surface area contributed by atoms with E-state index in [1.165, 1.54) is 0 Å². The van der Waals surface area contributed by atoms with Crippen LogP contribution in [0.1, 0.15) is 13.8 Å². The Hall–Kier alpha value is -3.39. The minimum atomic E-state index is -3.31. The predicted molar refractivity (Wildman–Crippen MR) is 110 cm³/mol. The highest BCUT2D eigenvalue weighted by molar-refractivity contribution is 7.92. The maximum Gasteiger partial charge on any atom is 0.180 e. The largest absolute Gasteiger partial charge is 0.260 e. The van der Waals surface area contributed by atoms with Gasteiger partial charge >= 0.3 is 0 Å². The molecule has 7 nitrogen and oxygen atoms in total. The lowest BCUT2D eigenvalue weighted by Crippen LogP contribution is -2.13. The van der Waals surface area contributed by atoms with Gasteiger partial charge in [-0.25, -0.2) is 18.1 Å². The maximum atomic E-state index is 12.3. The molecule has 29 heavy (non-hydrogen) atoms. The number of nitrogens with zero attached hydrogens (tertiary/aromatic N) is 5. The Morgan fingerprint density at radius 2 is 1.55 bits per heavy atom. The Kier molecular flexibility index (Phi) is 4.94. The molecule has 0 amide bonds. The van der Waals surface area contributed by atoms with Crippen molar-refractivity contribution in [3.8, 4) is 28.3 Å². The van der Waals surface area contributed by atoms with Crippen LogP contribution in [-0.2, 0) is 9.84 Å². The molecule has 0 saturated carbocycles. The molecule has 2 aromatic heterocycles. The first-order chi connectivity index (χ1) is 13.9. The van der Waals surface area contributed by atoms with Crippen LogP contribution in [0.4, 0.5) is 0 Å². The smallest absolute Gasteiger partial charge is 0.180 e. The average Bonchev–Trinajstić information content (AvgIpc) is 3.25.